The molecule has 1 aliphatic rings. The van der Waals surface area contributed by atoms with E-state index in [-0.39, 0.29) is 5.82 Å². The van der Waals surface area contributed by atoms with E-state index in [1.54, 1.807) is 0 Å². The highest BCUT2D eigenvalue weighted by atomic mass is 32.1. The van der Waals surface area contributed by atoms with E-state index in [2.05, 4.69) is 36.9 Å². The number of anilines is 2. The molecule has 134 valence electrons. The van der Waals surface area contributed by atoms with Gasteiger partial charge >= 0.3 is 0 Å². The fourth-order valence-corrected chi connectivity index (χ4v) is 4.74. The van der Waals surface area contributed by atoms with Gasteiger partial charge in [0.2, 0.25) is 0 Å². The van der Waals surface area contributed by atoms with Gasteiger partial charge in [-0.15, -0.1) is 11.3 Å². The largest absolute Gasteiger partial charge is 0.398 e. The molecule has 0 unspecified atom stereocenters. The smallest absolute Gasteiger partial charge is 0.123 e. The van der Waals surface area contributed by atoms with Gasteiger partial charge in [-0.05, 0) is 65.9 Å². The first-order chi connectivity index (χ1) is 12.5. The lowest BCUT2D eigenvalue weighted by Gasteiger charge is -2.28. The number of halogens is 1. The number of hydrogen-bond donors (Lipinski definition) is 1. The molecule has 4 rings (SSSR count). The number of hydrogen-bond acceptors (Lipinski definition) is 3. The van der Waals surface area contributed by atoms with Gasteiger partial charge in [-0.25, -0.2) is 4.39 Å². The molecule has 2 nitrogen and oxygen atoms in total. The second-order valence-corrected chi connectivity index (χ2v) is 8.35. The van der Waals surface area contributed by atoms with Crippen molar-refractivity contribution in [2.24, 2.45) is 0 Å². The van der Waals surface area contributed by atoms with Crippen LogP contribution in [0.15, 0.2) is 48.5 Å². The summed E-state index contributed by atoms with van der Waals surface area (Å²) < 4.78 is 13.2. The Kier molecular flexibility index (Phi) is 4.45. The Morgan fingerprint density at radius 3 is 2.58 bits per heavy atom. The topological polar surface area (TPSA) is 29.3 Å². The molecule has 4 heteroatoms. The van der Waals surface area contributed by atoms with Crippen molar-refractivity contribution >= 4 is 22.7 Å². The molecular formula is C22H23FN2S. The molecule has 0 spiro atoms. The highest BCUT2D eigenvalue weighted by Crippen LogP contribution is 2.39. The molecule has 0 saturated heterocycles. The fourth-order valence-electron chi connectivity index (χ4n) is 3.47. The first kappa shape index (κ1) is 17.1. The summed E-state index contributed by atoms with van der Waals surface area (Å²) in [4.78, 5) is 4.94. The van der Waals surface area contributed by atoms with E-state index in [0.29, 0.717) is 5.92 Å². The van der Waals surface area contributed by atoms with Gasteiger partial charge in [0.25, 0.3) is 0 Å². The lowest BCUT2D eigenvalue weighted by atomic mass is 9.98. The molecule has 0 aliphatic carbocycles. The fraction of sp³-hybridized carbons (Fsp3) is 0.273. The van der Waals surface area contributed by atoms with E-state index in [4.69, 9.17) is 5.73 Å². The molecular weight excluding hydrogens is 343 g/mol. The molecule has 1 aromatic heterocycles. The first-order valence-corrected chi connectivity index (χ1v) is 9.85. The minimum absolute atomic E-state index is 0.189. The lowest BCUT2D eigenvalue weighted by Crippen LogP contribution is -2.29. The third-order valence-corrected chi connectivity index (χ3v) is 6.28. The van der Waals surface area contributed by atoms with Crippen LogP contribution in [0.5, 0.6) is 0 Å². The van der Waals surface area contributed by atoms with Crippen LogP contribution in [-0.4, -0.2) is 6.54 Å². The third-order valence-electron chi connectivity index (χ3n) is 5.08. The average Bonchev–Trinajstić information content (AvgIpc) is 3.05. The van der Waals surface area contributed by atoms with Gasteiger partial charge in [-0.3, -0.25) is 0 Å². The second-order valence-electron chi connectivity index (χ2n) is 7.21. The van der Waals surface area contributed by atoms with Crippen LogP contribution in [0.4, 0.5) is 15.8 Å². The number of fused-ring (bicyclic) bond motifs is 1. The molecule has 2 N–H and O–H groups in total. The van der Waals surface area contributed by atoms with Crippen LogP contribution in [0.3, 0.4) is 0 Å². The predicted octanol–water partition coefficient (Wildman–Crippen LogP) is 5.82. The Morgan fingerprint density at radius 2 is 1.85 bits per heavy atom. The molecule has 0 bridgehead atoms. The molecule has 0 radical (unpaired) electrons. The van der Waals surface area contributed by atoms with Gasteiger partial charge in [0.15, 0.2) is 0 Å². The highest BCUT2D eigenvalue weighted by Gasteiger charge is 2.21. The van der Waals surface area contributed by atoms with Crippen LogP contribution in [0.25, 0.3) is 10.4 Å². The summed E-state index contributed by atoms with van der Waals surface area (Å²) in [5, 5.41) is 0. The van der Waals surface area contributed by atoms with Crippen molar-refractivity contribution in [2.75, 3.05) is 17.2 Å². The van der Waals surface area contributed by atoms with Crippen LogP contribution in [-0.2, 0) is 13.0 Å². The van der Waals surface area contributed by atoms with Crippen LogP contribution in [0, 0.1) is 5.82 Å². The molecule has 26 heavy (non-hydrogen) atoms. The van der Waals surface area contributed by atoms with Crippen molar-refractivity contribution in [2.45, 2.75) is 32.7 Å². The standard InChI is InChI=1S/C22H23FN2S/c1-14(2)15-3-8-20(24)19(11-15)21-12-16-9-10-25(13-22(16)26-21)18-6-4-17(23)5-7-18/h3-8,11-12,14H,9-10,13,24H2,1-2H3. The van der Waals surface area contributed by atoms with Crippen LogP contribution >= 0.6 is 11.3 Å². The van der Waals surface area contributed by atoms with E-state index >= 15 is 0 Å². The number of benzene rings is 2. The van der Waals surface area contributed by atoms with Crippen molar-refractivity contribution < 1.29 is 4.39 Å². The SMILES string of the molecule is CC(C)c1ccc(N)c(-c2cc3c(s2)CN(c2ccc(F)cc2)CC3)c1. The zero-order chi connectivity index (χ0) is 18.3. The highest BCUT2D eigenvalue weighted by molar-refractivity contribution is 7.15. The average molecular weight is 367 g/mol. The van der Waals surface area contributed by atoms with E-state index in [9.17, 15) is 4.39 Å². The number of rotatable bonds is 3. The summed E-state index contributed by atoms with van der Waals surface area (Å²) in [5.41, 5.74) is 12.1. The predicted molar refractivity (Wildman–Crippen MR) is 109 cm³/mol. The van der Waals surface area contributed by atoms with Gasteiger partial charge in [-0.1, -0.05) is 19.9 Å². The Balaban J connectivity index is 1.64. The molecule has 3 aromatic rings. The Hall–Kier alpha value is -2.33. The van der Waals surface area contributed by atoms with Gasteiger partial charge in [0, 0.05) is 33.2 Å². The van der Waals surface area contributed by atoms with Gasteiger partial charge in [0.1, 0.15) is 5.82 Å². The van der Waals surface area contributed by atoms with Crippen molar-refractivity contribution in [3.05, 3.63) is 70.4 Å². The summed E-state index contributed by atoms with van der Waals surface area (Å²) in [6.45, 7) is 6.23. The molecule has 1 aliphatic heterocycles. The lowest BCUT2D eigenvalue weighted by molar-refractivity contribution is 0.627. The van der Waals surface area contributed by atoms with Crippen molar-refractivity contribution in [3.63, 3.8) is 0 Å². The van der Waals surface area contributed by atoms with E-state index < -0.39 is 0 Å². The number of nitrogen functional groups attached to an aromatic ring is 1. The summed E-state index contributed by atoms with van der Waals surface area (Å²) in [7, 11) is 0. The maximum absolute atomic E-state index is 13.2. The summed E-state index contributed by atoms with van der Waals surface area (Å²) >= 11 is 1.83. The third kappa shape index (κ3) is 3.21. The van der Waals surface area contributed by atoms with Crippen molar-refractivity contribution in [1.82, 2.24) is 0 Å². The summed E-state index contributed by atoms with van der Waals surface area (Å²) in [5.74, 6) is 0.295. The maximum atomic E-state index is 13.2. The number of thiophene rings is 1. The number of nitrogens with zero attached hydrogens (tertiary/aromatic N) is 1. The van der Waals surface area contributed by atoms with Crippen LogP contribution in [0.2, 0.25) is 0 Å². The van der Waals surface area contributed by atoms with E-state index in [1.807, 2.05) is 29.5 Å². The Morgan fingerprint density at radius 1 is 1.08 bits per heavy atom. The monoisotopic (exact) mass is 366 g/mol. The minimum Gasteiger partial charge on any atom is -0.398 e. The van der Waals surface area contributed by atoms with Crippen molar-refractivity contribution in [1.29, 1.82) is 0 Å². The molecule has 0 fully saturated rings. The van der Waals surface area contributed by atoms with E-state index in [1.165, 1.54) is 33.0 Å². The van der Waals surface area contributed by atoms with Crippen LogP contribution < -0.4 is 10.6 Å². The van der Waals surface area contributed by atoms with E-state index in [0.717, 1.165) is 36.4 Å². The molecule has 0 atom stereocenters. The number of nitrogens with two attached hydrogens (primary N) is 1. The zero-order valence-corrected chi connectivity index (χ0v) is 15.9. The Bertz CT molecular complexity index is 928. The van der Waals surface area contributed by atoms with Crippen molar-refractivity contribution in [3.8, 4) is 10.4 Å². The van der Waals surface area contributed by atoms with Gasteiger partial charge < -0.3 is 10.6 Å². The molecule has 0 amide bonds. The quantitative estimate of drug-likeness (QED) is 0.592. The van der Waals surface area contributed by atoms with Gasteiger partial charge in [-0.2, -0.15) is 0 Å². The zero-order valence-electron chi connectivity index (χ0n) is 15.1. The first-order valence-electron chi connectivity index (χ1n) is 9.03. The minimum atomic E-state index is -0.189. The summed E-state index contributed by atoms with van der Waals surface area (Å²) in [6.07, 6.45) is 1.01. The second kappa shape index (κ2) is 6.76. The van der Waals surface area contributed by atoms with Gasteiger partial charge in [0.05, 0.1) is 6.54 Å². The Labute approximate surface area is 158 Å². The molecule has 2 aromatic carbocycles. The normalized spacial score (nSPS) is 13.9. The van der Waals surface area contributed by atoms with Crippen LogP contribution in [0.1, 0.15) is 35.8 Å². The summed E-state index contributed by atoms with van der Waals surface area (Å²) in [6, 6.07) is 15.5. The maximum Gasteiger partial charge on any atom is 0.123 e. The molecule has 2 heterocycles. The molecule has 0 saturated carbocycles.